The van der Waals surface area contributed by atoms with Crippen LogP contribution in [0.5, 0.6) is 5.75 Å². The van der Waals surface area contributed by atoms with Crippen molar-refractivity contribution in [3.05, 3.63) is 40.2 Å². The standard InChI is InChI=1S/C15H19NO2/c1-3-5-11-9-15(17)13-10-12(18-8-4-2)6-7-14(13)16-11/h6-7,9-10H,3-5,8H2,1-2H3,(H,16,17). The molecule has 1 N–H and O–H groups in total. The number of H-pyrrole nitrogens is 1. The molecule has 1 heterocycles. The maximum Gasteiger partial charge on any atom is 0.189 e. The van der Waals surface area contributed by atoms with Crippen LogP contribution in [0.15, 0.2) is 29.1 Å². The number of ether oxygens (including phenoxy) is 1. The Labute approximate surface area is 107 Å². The molecule has 0 unspecified atom stereocenters. The number of hydrogen-bond acceptors (Lipinski definition) is 2. The fraction of sp³-hybridized carbons (Fsp3) is 0.400. The minimum atomic E-state index is 0.0640. The van der Waals surface area contributed by atoms with Crippen LogP contribution < -0.4 is 10.2 Å². The van der Waals surface area contributed by atoms with Gasteiger partial charge in [0.05, 0.1) is 6.61 Å². The van der Waals surface area contributed by atoms with Gasteiger partial charge in [-0.25, -0.2) is 0 Å². The summed E-state index contributed by atoms with van der Waals surface area (Å²) in [6.07, 6.45) is 2.89. The summed E-state index contributed by atoms with van der Waals surface area (Å²) in [7, 11) is 0. The monoisotopic (exact) mass is 245 g/mol. The van der Waals surface area contributed by atoms with Gasteiger partial charge in [-0.15, -0.1) is 0 Å². The van der Waals surface area contributed by atoms with E-state index in [0.717, 1.165) is 36.2 Å². The van der Waals surface area contributed by atoms with Crippen molar-refractivity contribution in [2.75, 3.05) is 6.61 Å². The van der Waals surface area contributed by atoms with E-state index in [9.17, 15) is 4.79 Å². The van der Waals surface area contributed by atoms with Gasteiger partial charge in [0.1, 0.15) is 5.75 Å². The lowest BCUT2D eigenvalue weighted by Gasteiger charge is -2.07. The lowest BCUT2D eigenvalue weighted by atomic mass is 10.1. The van der Waals surface area contributed by atoms with E-state index >= 15 is 0 Å². The average Bonchev–Trinajstić information content (AvgIpc) is 2.37. The number of benzene rings is 1. The first-order chi connectivity index (χ1) is 8.74. The molecule has 0 saturated carbocycles. The highest BCUT2D eigenvalue weighted by Gasteiger charge is 2.03. The van der Waals surface area contributed by atoms with E-state index in [4.69, 9.17) is 4.74 Å². The molecule has 0 aliphatic rings. The maximum absolute atomic E-state index is 12.0. The minimum absolute atomic E-state index is 0.0640. The predicted octanol–water partition coefficient (Wildman–Crippen LogP) is 3.27. The summed E-state index contributed by atoms with van der Waals surface area (Å²) >= 11 is 0. The lowest BCUT2D eigenvalue weighted by molar-refractivity contribution is 0.318. The summed E-state index contributed by atoms with van der Waals surface area (Å²) in [6.45, 7) is 4.84. The SMILES string of the molecule is CCCOc1ccc2[nH]c(CCC)cc(=O)c2c1. The zero-order chi connectivity index (χ0) is 13.0. The number of fused-ring (bicyclic) bond motifs is 1. The van der Waals surface area contributed by atoms with Crippen LogP contribution in [0.1, 0.15) is 32.4 Å². The third-order valence-corrected chi connectivity index (χ3v) is 2.85. The first-order valence-corrected chi connectivity index (χ1v) is 6.53. The maximum atomic E-state index is 12.0. The van der Waals surface area contributed by atoms with Gasteiger partial charge in [0, 0.05) is 22.7 Å². The van der Waals surface area contributed by atoms with Gasteiger partial charge in [0.2, 0.25) is 0 Å². The summed E-state index contributed by atoms with van der Waals surface area (Å²) in [6, 6.07) is 7.33. The van der Waals surface area contributed by atoms with Crippen LogP contribution in [0.3, 0.4) is 0 Å². The predicted molar refractivity (Wildman–Crippen MR) is 74.3 cm³/mol. The Hall–Kier alpha value is -1.77. The topological polar surface area (TPSA) is 42.1 Å². The number of pyridine rings is 1. The first-order valence-electron chi connectivity index (χ1n) is 6.53. The zero-order valence-electron chi connectivity index (χ0n) is 11.0. The van der Waals surface area contributed by atoms with Gasteiger partial charge in [0.15, 0.2) is 5.43 Å². The van der Waals surface area contributed by atoms with Gasteiger partial charge >= 0.3 is 0 Å². The van der Waals surface area contributed by atoms with Crippen molar-refractivity contribution < 1.29 is 4.74 Å². The first kappa shape index (κ1) is 12.7. The van der Waals surface area contributed by atoms with Crippen LogP contribution in [0.4, 0.5) is 0 Å². The Morgan fingerprint density at radius 2 is 2.00 bits per heavy atom. The van der Waals surface area contributed by atoms with Crippen molar-refractivity contribution in [3.8, 4) is 5.75 Å². The highest BCUT2D eigenvalue weighted by atomic mass is 16.5. The Morgan fingerprint density at radius 3 is 2.72 bits per heavy atom. The van der Waals surface area contributed by atoms with Crippen molar-refractivity contribution in [1.82, 2.24) is 4.98 Å². The summed E-state index contributed by atoms with van der Waals surface area (Å²) < 4.78 is 5.54. The quantitative estimate of drug-likeness (QED) is 0.878. The third-order valence-electron chi connectivity index (χ3n) is 2.85. The van der Waals surface area contributed by atoms with Crippen molar-refractivity contribution in [2.24, 2.45) is 0 Å². The number of aryl methyl sites for hydroxylation is 1. The number of hydrogen-bond donors (Lipinski definition) is 1. The normalized spacial score (nSPS) is 10.8. The Bertz CT molecular complexity index is 587. The molecule has 0 atom stereocenters. The Balaban J connectivity index is 2.41. The van der Waals surface area contributed by atoms with E-state index in [-0.39, 0.29) is 5.43 Å². The van der Waals surface area contributed by atoms with Gasteiger partial charge < -0.3 is 9.72 Å². The molecule has 18 heavy (non-hydrogen) atoms. The average molecular weight is 245 g/mol. The number of nitrogens with one attached hydrogen (secondary N) is 1. The number of rotatable bonds is 5. The van der Waals surface area contributed by atoms with Crippen LogP contribution in [0.2, 0.25) is 0 Å². The molecule has 3 heteroatoms. The molecule has 1 aromatic carbocycles. The van der Waals surface area contributed by atoms with Crippen LogP contribution >= 0.6 is 0 Å². The van der Waals surface area contributed by atoms with E-state index in [0.29, 0.717) is 12.0 Å². The molecule has 0 spiro atoms. The Morgan fingerprint density at radius 1 is 1.17 bits per heavy atom. The van der Waals surface area contributed by atoms with Crippen LogP contribution in [-0.2, 0) is 6.42 Å². The number of aromatic nitrogens is 1. The van der Waals surface area contributed by atoms with Crippen molar-refractivity contribution in [2.45, 2.75) is 33.1 Å². The molecular formula is C15H19NO2. The van der Waals surface area contributed by atoms with Gasteiger partial charge in [-0.2, -0.15) is 0 Å². The van der Waals surface area contributed by atoms with Crippen LogP contribution in [-0.4, -0.2) is 11.6 Å². The zero-order valence-corrected chi connectivity index (χ0v) is 11.0. The van der Waals surface area contributed by atoms with E-state index in [2.05, 4.69) is 18.8 Å². The van der Waals surface area contributed by atoms with E-state index in [1.54, 1.807) is 6.07 Å². The summed E-state index contributed by atoms with van der Waals surface area (Å²) in [4.78, 5) is 15.3. The van der Waals surface area contributed by atoms with E-state index in [1.807, 2.05) is 18.2 Å². The van der Waals surface area contributed by atoms with Gasteiger partial charge in [-0.05, 0) is 31.0 Å². The van der Waals surface area contributed by atoms with E-state index < -0.39 is 0 Å². The highest BCUT2D eigenvalue weighted by Crippen LogP contribution is 2.17. The largest absolute Gasteiger partial charge is 0.494 e. The molecule has 0 fully saturated rings. The second-order valence-electron chi connectivity index (χ2n) is 4.46. The molecule has 0 saturated heterocycles. The van der Waals surface area contributed by atoms with Crippen LogP contribution in [0, 0.1) is 0 Å². The molecule has 0 amide bonds. The summed E-state index contributed by atoms with van der Waals surface area (Å²) in [5.41, 5.74) is 1.95. The fourth-order valence-corrected chi connectivity index (χ4v) is 1.99. The van der Waals surface area contributed by atoms with Gasteiger partial charge in [-0.3, -0.25) is 4.79 Å². The lowest BCUT2D eigenvalue weighted by Crippen LogP contribution is -2.05. The van der Waals surface area contributed by atoms with Crippen molar-refractivity contribution >= 4 is 10.9 Å². The second kappa shape index (κ2) is 5.71. The third kappa shape index (κ3) is 2.73. The molecule has 1 aromatic heterocycles. The molecule has 96 valence electrons. The van der Waals surface area contributed by atoms with E-state index in [1.165, 1.54) is 0 Å². The fourth-order valence-electron chi connectivity index (χ4n) is 1.99. The van der Waals surface area contributed by atoms with Crippen molar-refractivity contribution in [1.29, 1.82) is 0 Å². The summed E-state index contributed by atoms with van der Waals surface area (Å²) in [5.74, 6) is 0.762. The molecule has 0 bridgehead atoms. The van der Waals surface area contributed by atoms with Gasteiger partial charge in [-0.1, -0.05) is 20.3 Å². The molecular weight excluding hydrogens is 226 g/mol. The molecule has 3 nitrogen and oxygen atoms in total. The molecule has 2 rings (SSSR count). The van der Waals surface area contributed by atoms with Crippen molar-refractivity contribution in [3.63, 3.8) is 0 Å². The minimum Gasteiger partial charge on any atom is -0.494 e. The number of aromatic amines is 1. The highest BCUT2D eigenvalue weighted by molar-refractivity contribution is 5.80. The molecule has 0 aliphatic carbocycles. The second-order valence-corrected chi connectivity index (χ2v) is 4.46. The molecule has 0 radical (unpaired) electrons. The van der Waals surface area contributed by atoms with Crippen LogP contribution in [0.25, 0.3) is 10.9 Å². The molecule has 2 aromatic rings. The Kier molecular flexibility index (Phi) is 4.03. The smallest absolute Gasteiger partial charge is 0.189 e. The molecule has 0 aliphatic heterocycles. The summed E-state index contributed by atoms with van der Waals surface area (Å²) in [5, 5.41) is 0.698. The van der Waals surface area contributed by atoms with Gasteiger partial charge in [0.25, 0.3) is 0 Å².